The van der Waals surface area contributed by atoms with Gasteiger partial charge in [-0.2, -0.15) is 0 Å². The maximum atomic E-state index is 12.1. The van der Waals surface area contributed by atoms with Crippen molar-refractivity contribution < 1.29 is 28.6 Å². The molecule has 184 valence electrons. The van der Waals surface area contributed by atoms with Crippen LogP contribution in [0.4, 0.5) is 10.5 Å². The monoisotopic (exact) mass is 471 g/mol. The van der Waals surface area contributed by atoms with E-state index in [1.54, 1.807) is 63.2 Å². The van der Waals surface area contributed by atoms with Gasteiger partial charge in [0.2, 0.25) is 5.91 Å². The number of hydrogen-bond donors (Lipinski definition) is 3. The van der Waals surface area contributed by atoms with Gasteiger partial charge in [0, 0.05) is 25.2 Å². The van der Waals surface area contributed by atoms with Gasteiger partial charge in [-0.25, -0.2) is 4.79 Å². The number of alkyl carbamates (subject to hydrolysis) is 1. The van der Waals surface area contributed by atoms with Crippen LogP contribution in [-0.2, 0) is 20.9 Å². The fourth-order valence-electron chi connectivity index (χ4n) is 2.77. The highest BCUT2D eigenvalue weighted by molar-refractivity contribution is 5.91. The van der Waals surface area contributed by atoms with Crippen LogP contribution in [-0.4, -0.2) is 43.3 Å². The van der Waals surface area contributed by atoms with Crippen molar-refractivity contribution in [3.63, 3.8) is 0 Å². The Balaban J connectivity index is 1.71. The van der Waals surface area contributed by atoms with Crippen LogP contribution in [0.2, 0.25) is 0 Å². The fourth-order valence-corrected chi connectivity index (χ4v) is 2.77. The van der Waals surface area contributed by atoms with Crippen molar-refractivity contribution in [3.8, 4) is 11.5 Å². The van der Waals surface area contributed by atoms with Crippen molar-refractivity contribution in [2.24, 2.45) is 0 Å². The Morgan fingerprint density at radius 3 is 2.21 bits per heavy atom. The van der Waals surface area contributed by atoms with E-state index in [-0.39, 0.29) is 37.9 Å². The highest BCUT2D eigenvalue weighted by Gasteiger charge is 2.16. The minimum Gasteiger partial charge on any atom is -0.494 e. The van der Waals surface area contributed by atoms with Crippen LogP contribution in [0.25, 0.3) is 0 Å². The first kappa shape index (κ1) is 26.5. The summed E-state index contributed by atoms with van der Waals surface area (Å²) in [5.41, 5.74) is 0.822. The molecule has 3 N–H and O–H groups in total. The average Bonchev–Trinajstić information content (AvgIpc) is 2.76. The van der Waals surface area contributed by atoms with Crippen LogP contribution in [0.15, 0.2) is 48.5 Å². The molecule has 0 aliphatic carbocycles. The highest BCUT2D eigenvalue weighted by atomic mass is 16.6. The van der Waals surface area contributed by atoms with E-state index in [2.05, 4.69) is 16.0 Å². The van der Waals surface area contributed by atoms with Crippen LogP contribution >= 0.6 is 0 Å². The Bertz CT molecular complexity index is 954. The third-order valence-corrected chi connectivity index (χ3v) is 4.23. The van der Waals surface area contributed by atoms with Crippen LogP contribution in [0.5, 0.6) is 11.5 Å². The maximum absolute atomic E-state index is 12.1. The zero-order valence-electron chi connectivity index (χ0n) is 20.1. The van der Waals surface area contributed by atoms with E-state index in [0.717, 1.165) is 11.3 Å². The topological polar surface area (TPSA) is 115 Å². The minimum absolute atomic E-state index is 0.100. The number of anilines is 1. The summed E-state index contributed by atoms with van der Waals surface area (Å²) in [7, 11) is 0. The predicted molar refractivity (Wildman–Crippen MR) is 129 cm³/mol. The van der Waals surface area contributed by atoms with E-state index in [1.807, 2.05) is 13.0 Å². The van der Waals surface area contributed by atoms with Crippen molar-refractivity contribution in [3.05, 3.63) is 54.1 Å². The first-order chi connectivity index (χ1) is 16.1. The lowest BCUT2D eigenvalue weighted by atomic mass is 10.2. The molecule has 0 bridgehead atoms. The van der Waals surface area contributed by atoms with Gasteiger partial charge in [0.1, 0.15) is 17.1 Å². The molecule has 0 saturated carbocycles. The average molecular weight is 472 g/mol. The summed E-state index contributed by atoms with van der Waals surface area (Å²) in [5.74, 6) is 0.799. The zero-order valence-corrected chi connectivity index (χ0v) is 20.1. The lowest BCUT2D eigenvalue weighted by Crippen LogP contribution is -2.34. The summed E-state index contributed by atoms with van der Waals surface area (Å²) in [4.78, 5) is 35.9. The van der Waals surface area contributed by atoms with Crippen LogP contribution in [0, 0.1) is 0 Å². The minimum atomic E-state index is -0.594. The van der Waals surface area contributed by atoms with Gasteiger partial charge in [-0.3, -0.25) is 9.59 Å². The fraction of sp³-hybridized carbons (Fsp3) is 0.400. The van der Waals surface area contributed by atoms with E-state index < -0.39 is 11.7 Å². The Morgan fingerprint density at radius 1 is 0.882 bits per heavy atom. The second-order valence-electron chi connectivity index (χ2n) is 8.40. The molecule has 0 heterocycles. The lowest BCUT2D eigenvalue weighted by molar-refractivity contribution is -0.123. The molecule has 9 heteroatoms. The molecule has 9 nitrogen and oxygen atoms in total. The largest absolute Gasteiger partial charge is 0.494 e. The third-order valence-electron chi connectivity index (χ3n) is 4.23. The number of carbonyl (C=O) groups is 3. The van der Waals surface area contributed by atoms with Gasteiger partial charge < -0.3 is 30.2 Å². The molecule has 0 aliphatic heterocycles. The van der Waals surface area contributed by atoms with Gasteiger partial charge >= 0.3 is 6.09 Å². The van der Waals surface area contributed by atoms with Crippen LogP contribution in [0.3, 0.4) is 0 Å². The predicted octanol–water partition coefficient (Wildman–Crippen LogP) is 3.63. The van der Waals surface area contributed by atoms with Gasteiger partial charge in [0.25, 0.3) is 5.91 Å². The molecule has 0 saturated heterocycles. The number of rotatable bonds is 11. The van der Waals surface area contributed by atoms with E-state index in [4.69, 9.17) is 14.2 Å². The number of ether oxygens (including phenoxy) is 3. The summed E-state index contributed by atoms with van der Waals surface area (Å²) in [6.07, 6.45) is -0.465. The molecule has 0 unspecified atom stereocenters. The standard InChI is InChI=1S/C25H33N3O6/c1-5-32-20-9-11-21(12-10-20)33-17-23(30)27-16-18-7-6-8-19(15-18)28-22(29)13-14-26-24(31)34-25(2,3)4/h6-12,15H,5,13-14,16-17H2,1-4H3,(H,26,31)(H,27,30)(H,28,29). The molecule has 0 fully saturated rings. The molecule has 0 atom stereocenters. The highest BCUT2D eigenvalue weighted by Crippen LogP contribution is 2.17. The molecular formula is C25H33N3O6. The second-order valence-corrected chi connectivity index (χ2v) is 8.40. The molecule has 0 spiro atoms. The van der Waals surface area contributed by atoms with Gasteiger partial charge in [0.05, 0.1) is 6.61 Å². The molecule has 0 radical (unpaired) electrons. The van der Waals surface area contributed by atoms with Crippen molar-refractivity contribution in [2.45, 2.75) is 46.3 Å². The normalized spacial score (nSPS) is 10.7. The van der Waals surface area contributed by atoms with E-state index >= 15 is 0 Å². The Labute approximate surface area is 200 Å². The smallest absolute Gasteiger partial charge is 0.407 e. The molecule has 3 amide bonds. The number of hydrogen-bond acceptors (Lipinski definition) is 6. The van der Waals surface area contributed by atoms with Gasteiger partial charge in [-0.05, 0) is 69.7 Å². The molecule has 2 rings (SSSR count). The molecule has 2 aromatic carbocycles. The molecular weight excluding hydrogens is 438 g/mol. The van der Waals surface area contributed by atoms with E-state index in [0.29, 0.717) is 18.0 Å². The number of amides is 3. The van der Waals surface area contributed by atoms with Crippen molar-refractivity contribution in [1.82, 2.24) is 10.6 Å². The van der Waals surface area contributed by atoms with Crippen molar-refractivity contribution in [2.75, 3.05) is 25.1 Å². The zero-order chi connectivity index (χ0) is 25.0. The molecule has 34 heavy (non-hydrogen) atoms. The van der Waals surface area contributed by atoms with Gasteiger partial charge in [-0.15, -0.1) is 0 Å². The van der Waals surface area contributed by atoms with Crippen LogP contribution in [0.1, 0.15) is 39.7 Å². The summed E-state index contributed by atoms with van der Waals surface area (Å²) in [5, 5.41) is 8.10. The Hall–Kier alpha value is -3.75. The SMILES string of the molecule is CCOc1ccc(OCC(=O)NCc2cccc(NC(=O)CCNC(=O)OC(C)(C)C)c2)cc1. The first-order valence-electron chi connectivity index (χ1n) is 11.1. The molecule has 2 aromatic rings. The van der Waals surface area contributed by atoms with E-state index in [1.165, 1.54) is 0 Å². The van der Waals surface area contributed by atoms with Crippen LogP contribution < -0.4 is 25.4 Å². The summed E-state index contributed by atoms with van der Waals surface area (Å²) >= 11 is 0. The van der Waals surface area contributed by atoms with Crippen molar-refractivity contribution in [1.29, 1.82) is 0 Å². The summed E-state index contributed by atoms with van der Waals surface area (Å²) < 4.78 is 16.0. The number of nitrogens with one attached hydrogen (secondary N) is 3. The first-order valence-corrected chi connectivity index (χ1v) is 11.1. The third kappa shape index (κ3) is 10.7. The molecule has 0 aliphatic rings. The van der Waals surface area contributed by atoms with Gasteiger partial charge in [-0.1, -0.05) is 12.1 Å². The number of benzene rings is 2. The summed E-state index contributed by atoms with van der Waals surface area (Å²) in [6, 6.07) is 14.2. The maximum Gasteiger partial charge on any atom is 0.407 e. The quantitative estimate of drug-likeness (QED) is 0.461. The second kappa shape index (κ2) is 13.1. The summed E-state index contributed by atoms with van der Waals surface area (Å²) in [6.45, 7) is 8.12. The Kier molecular flexibility index (Phi) is 10.2. The van der Waals surface area contributed by atoms with Crippen molar-refractivity contribution >= 4 is 23.6 Å². The molecule has 0 aromatic heterocycles. The number of carbonyl (C=O) groups excluding carboxylic acids is 3. The van der Waals surface area contributed by atoms with E-state index in [9.17, 15) is 14.4 Å². The lowest BCUT2D eigenvalue weighted by Gasteiger charge is -2.19. The van der Waals surface area contributed by atoms with Gasteiger partial charge in [0.15, 0.2) is 6.61 Å². The Morgan fingerprint density at radius 2 is 1.56 bits per heavy atom.